The molecular formula is C17H16Cl2N6O2S. The molecule has 1 aromatic carbocycles. The fourth-order valence-electron chi connectivity index (χ4n) is 2.23. The second kappa shape index (κ2) is 8.68. The number of thiazole rings is 1. The molecule has 3 aromatic rings. The molecule has 2 heterocycles. The van der Waals surface area contributed by atoms with Crippen LogP contribution in [0.3, 0.4) is 0 Å². The van der Waals surface area contributed by atoms with Crippen LogP contribution in [0.15, 0.2) is 30.6 Å². The van der Waals surface area contributed by atoms with Crippen molar-refractivity contribution in [1.29, 1.82) is 0 Å². The maximum absolute atomic E-state index is 12.3. The zero-order valence-electron chi connectivity index (χ0n) is 15.0. The lowest BCUT2D eigenvalue weighted by Crippen LogP contribution is -2.26. The van der Waals surface area contributed by atoms with Gasteiger partial charge < -0.3 is 4.90 Å². The van der Waals surface area contributed by atoms with Crippen LogP contribution < -0.4 is 5.32 Å². The summed E-state index contributed by atoms with van der Waals surface area (Å²) in [5.74, 6) is -0.605. The SMILES string of the molecule is CN(C)C(=O)Cn1cc(C(=O)Nc2ncc(Cc3cc(Cl)ccc3Cl)s2)nn1. The number of anilines is 1. The van der Waals surface area contributed by atoms with Crippen LogP contribution >= 0.6 is 34.5 Å². The molecule has 0 atom stereocenters. The third kappa shape index (κ3) is 5.06. The summed E-state index contributed by atoms with van der Waals surface area (Å²) in [6.45, 7) is 0.00900. The van der Waals surface area contributed by atoms with E-state index in [2.05, 4.69) is 20.6 Å². The molecule has 2 amide bonds. The lowest BCUT2D eigenvalue weighted by atomic mass is 10.1. The average Bonchev–Trinajstić information content (AvgIpc) is 3.27. The van der Waals surface area contributed by atoms with Crippen LogP contribution in [0.25, 0.3) is 0 Å². The number of likely N-dealkylation sites (N-methyl/N-ethyl adjacent to an activating group) is 1. The van der Waals surface area contributed by atoms with Gasteiger partial charge in [-0.15, -0.1) is 16.4 Å². The number of hydrogen-bond donors (Lipinski definition) is 1. The number of halogens is 2. The molecule has 3 rings (SSSR count). The van der Waals surface area contributed by atoms with Crippen molar-refractivity contribution in [2.45, 2.75) is 13.0 Å². The van der Waals surface area contributed by atoms with Crippen molar-refractivity contribution < 1.29 is 9.59 Å². The van der Waals surface area contributed by atoms with E-state index in [0.717, 1.165) is 10.4 Å². The summed E-state index contributed by atoms with van der Waals surface area (Å²) in [5.41, 5.74) is 0.977. The minimum Gasteiger partial charge on any atom is -0.347 e. The van der Waals surface area contributed by atoms with Gasteiger partial charge in [-0.2, -0.15) is 0 Å². The van der Waals surface area contributed by atoms with Crippen molar-refractivity contribution in [3.8, 4) is 0 Å². The first-order valence-electron chi connectivity index (χ1n) is 8.12. The molecule has 0 radical (unpaired) electrons. The van der Waals surface area contributed by atoms with Gasteiger partial charge in [0.15, 0.2) is 10.8 Å². The summed E-state index contributed by atoms with van der Waals surface area (Å²) in [6.07, 6.45) is 3.64. The number of nitrogens with one attached hydrogen (secondary N) is 1. The summed E-state index contributed by atoms with van der Waals surface area (Å²) in [7, 11) is 3.28. The third-order valence-corrected chi connectivity index (χ3v) is 5.23. The Morgan fingerprint density at radius 2 is 2.07 bits per heavy atom. The molecule has 0 spiro atoms. The molecule has 2 aromatic heterocycles. The van der Waals surface area contributed by atoms with E-state index in [1.807, 2.05) is 0 Å². The largest absolute Gasteiger partial charge is 0.347 e. The maximum atomic E-state index is 12.3. The molecule has 0 saturated heterocycles. The zero-order valence-corrected chi connectivity index (χ0v) is 17.3. The molecule has 0 bridgehead atoms. The molecule has 1 N–H and O–H groups in total. The highest BCUT2D eigenvalue weighted by atomic mass is 35.5. The highest BCUT2D eigenvalue weighted by Crippen LogP contribution is 2.27. The molecule has 0 aliphatic rings. The molecular weight excluding hydrogens is 423 g/mol. The highest BCUT2D eigenvalue weighted by molar-refractivity contribution is 7.15. The number of carbonyl (C=O) groups excluding carboxylic acids is 2. The topological polar surface area (TPSA) is 93.0 Å². The normalized spacial score (nSPS) is 10.7. The number of carbonyl (C=O) groups is 2. The van der Waals surface area contributed by atoms with Crippen molar-refractivity contribution in [1.82, 2.24) is 24.9 Å². The van der Waals surface area contributed by atoms with Crippen LogP contribution in [0.4, 0.5) is 5.13 Å². The molecule has 28 heavy (non-hydrogen) atoms. The van der Waals surface area contributed by atoms with Crippen molar-refractivity contribution in [3.63, 3.8) is 0 Å². The van der Waals surface area contributed by atoms with Gasteiger partial charge in [-0.1, -0.05) is 28.4 Å². The first-order valence-corrected chi connectivity index (χ1v) is 9.69. The molecule has 8 nitrogen and oxygen atoms in total. The van der Waals surface area contributed by atoms with Gasteiger partial charge in [0.2, 0.25) is 5.91 Å². The summed E-state index contributed by atoms with van der Waals surface area (Å²) >= 11 is 13.5. The second-order valence-corrected chi connectivity index (χ2v) is 8.05. The van der Waals surface area contributed by atoms with Crippen molar-refractivity contribution >= 4 is 51.5 Å². The Morgan fingerprint density at radius 1 is 1.29 bits per heavy atom. The summed E-state index contributed by atoms with van der Waals surface area (Å²) in [4.78, 5) is 30.6. The minimum atomic E-state index is -0.453. The molecule has 0 aliphatic carbocycles. The van der Waals surface area contributed by atoms with E-state index < -0.39 is 5.91 Å². The Morgan fingerprint density at radius 3 is 2.82 bits per heavy atom. The lowest BCUT2D eigenvalue weighted by molar-refractivity contribution is -0.129. The van der Waals surface area contributed by atoms with Crippen LogP contribution in [0.2, 0.25) is 10.0 Å². The monoisotopic (exact) mass is 438 g/mol. The van der Waals surface area contributed by atoms with Gasteiger partial charge in [-0.3, -0.25) is 14.9 Å². The molecule has 0 fully saturated rings. The molecule has 146 valence electrons. The summed E-state index contributed by atoms with van der Waals surface area (Å²) < 4.78 is 1.31. The van der Waals surface area contributed by atoms with Crippen molar-refractivity contribution in [3.05, 3.63) is 56.8 Å². The van der Waals surface area contributed by atoms with Gasteiger partial charge in [-0.05, 0) is 23.8 Å². The van der Waals surface area contributed by atoms with Crippen LogP contribution in [-0.4, -0.2) is 50.8 Å². The number of rotatable bonds is 6. The molecule has 0 aliphatic heterocycles. The van der Waals surface area contributed by atoms with Gasteiger partial charge in [0, 0.05) is 41.6 Å². The first-order chi connectivity index (χ1) is 13.3. The highest BCUT2D eigenvalue weighted by Gasteiger charge is 2.15. The number of benzene rings is 1. The van der Waals surface area contributed by atoms with Gasteiger partial charge in [-0.25, -0.2) is 9.67 Å². The smallest absolute Gasteiger partial charge is 0.279 e. The van der Waals surface area contributed by atoms with Crippen LogP contribution in [0.5, 0.6) is 0 Å². The fraction of sp³-hybridized carbons (Fsp3) is 0.235. The van der Waals surface area contributed by atoms with E-state index in [0.29, 0.717) is 21.6 Å². The van der Waals surface area contributed by atoms with E-state index in [4.69, 9.17) is 23.2 Å². The number of nitrogens with zero attached hydrogens (tertiary/aromatic N) is 5. The first kappa shape index (κ1) is 20.2. The van der Waals surface area contributed by atoms with Gasteiger partial charge >= 0.3 is 0 Å². The van der Waals surface area contributed by atoms with E-state index in [1.165, 1.54) is 27.1 Å². The van der Waals surface area contributed by atoms with Gasteiger partial charge in [0.05, 0.1) is 6.20 Å². The van der Waals surface area contributed by atoms with Crippen molar-refractivity contribution in [2.24, 2.45) is 0 Å². The predicted octanol–water partition coefficient (Wildman–Crippen LogP) is 2.97. The predicted molar refractivity (Wildman–Crippen MR) is 108 cm³/mol. The van der Waals surface area contributed by atoms with E-state index in [9.17, 15) is 9.59 Å². The number of aromatic nitrogens is 4. The van der Waals surface area contributed by atoms with Crippen LogP contribution in [-0.2, 0) is 17.8 Å². The van der Waals surface area contributed by atoms with E-state index in [1.54, 1.807) is 38.5 Å². The third-order valence-electron chi connectivity index (χ3n) is 3.71. The maximum Gasteiger partial charge on any atom is 0.279 e. The quantitative estimate of drug-likeness (QED) is 0.638. The van der Waals surface area contributed by atoms with Gasteiger partial charge in [0.1, 0.15) is 6.54 Å². The van der Waals surface area contributed by atoms with Crippen LogP contribution in [0, 0.1) is 0 Å². The molecule has 0 unspecified atom stereocenters. The van der Waals surface area contributed by atoms with Gasteiger partial charge in [0.25, 0.3) is 5.91 Å². The Bertz CT molecular complexity index is 1020. The van der Waals surface area contributed by atoms with E-state index in [-0.39, 0.29) is 18.1 Å². The van der Waals surface area contributed by atoms with E-state index >= 15 is 0 Å². The fourth-order valence-corrected chi connectivity index (χ4v) is 3.44. The average molecular weight is 439 g/mol. The zero-order chi connectivity index (χ0) is 20.3. The molecule has 0 saturated carbocycles. The van der Waals surface area contributed by atoms with Crippen LogP contribution in [0.1, 0.15) is 20.9 Å². The second-order valence-electron chi connectivity index (χ2n) is 6.09. The Labute approximate surface area is 175 Å². The summed E-state index contributed by atoms with van der Waals surface area (Å²) in [6, 6.07) is 5.27. The Kier molecular flexibility index (Phi) is 6.28. The minimum absolute atomic E-state index is 0.00900. The molecule has 11 heteroatoms. The number of amides is 2. The summed E-state index contributed by atoms with van der Waals surface area (Å²) in [5, 5.41) is 11.9. The standard InChI is InChI=1S/C17H16Cl2N6O2S/c1-24(2)15(26)9-25-8-14(22-23-25)16(27)21-17-20-7-12(28-17)6-10-5-11(18)3-4-13(10)19/h3-5,7-8H,6,9H2,1-2H3,(H,20,21,27). The van der Waals surface area contributed by atoms with Crippen molar-refractivity contribution in [2.75, 3.05) is 19.4 Å². The number of hydrogen-bond acceptors (Lipinski definition) is 6. The Hall–Kier alpha value is -2.49. The lowest BCUT2D eigenvalue weighted by Gasteiger charge is -2.08. The Balaban J connectivity index is 1.63.